The Labute approximate surface area is 271 Å². The maximum atomic E-state index is 14.8. The maximum Gasteiger partial charge on any atom is 0.303 e. The molecule has 0 bridgehead atoms. The number of fused-ring (bicyclic) bond motifs is 1. The molecule has 2 aromatic heterocycles. The summed E-state index contributed by atoms with van der Waals surface area (Å²) in [5.74, 6) is -0.901. The molecule has 1 amide bonds. The third-order valence-corrected chi connectivity index (χ3v) is 9.60. The van der Waals surface area contributed by atoms with E-state index in [2.05, 4.69) is 33.4 Å². The van der Waals surface area contributed by atoms with Crippen molar-refractivity contribution in [1.29, 1.82) is 0 Å². The Hall–Kier alpha value is -4.03. The molecular formula is C34H38F2N6O3S. The van der Waals surface area contributed by atoms with Crippen molar-refractivity contribution in [2.24, 2.45) is 0 Å². The Bertz CT molecular complexity index is 1720. The van der Waals surface area contributed by atoms with Gasteiger partial charge in [0.25, 0.3) is 5.91 Å². The molecule has 2 fully saturated rings. The zero-order chi connectivity index (χ0) is 32.2. The van der Waals surface area contributed by atoms with Gasteiger partial charge in [-0.15, -0.1) is 16.9 Å². The van der Waals surface area contributed by atoms with Crippen LogP contribution in [-0.4, -0.2) is 74.6 Å². The predicted molar refractivity (Wildman–Crippen MR) is 174 cm³/mol. The second-order valence-electron chi connectivity index (χ2n) is 12.1. The number of halogens is 2. The number of carbonyl (C=O) groups excluding carboxylic acids is 1. The number of thioether (sulfide) groups is 1. The van der Waals surface area contributed by atoms with Crippen LogP contribution in [0.25, 0.3) is 5.65 Å². The van der Waals surface area contributed by atoms with Crippen LogP contribution in [0.1, 0.15) is 65.3 Å². The first-order valence-electron chi connectivity index (χ1n) is 15.7. The number of alkyl halides is 1. The van der Waals surface area contributed by atoms with Gasteiger partial charge in [0.05, 0.1) is 18.8 Å². The smallest absolute Gasteiger partial charge is 0.303 e. The quantitative estimate of drug-likeness (QED) is 0.150. The Morgan fingerprint density at radius 2 is 1.93 bits per heavy atom. The van der Waals surface area contributed by atoms with Crippen molar-refractivity contribution in [3.63, 3.8) is 0 Å². The summed E-state index contributed by atoms with van der Waals surface area (Å²) in [6, 6.07) is 16.1. The third kappa shape index (κ3) is 7.33. The maximum absolute atomic E-state index is 14.8. The number of hydrogen-bond donors (Lipinski definition) is 2. The standard InChI is InChI=1S/C34H38F2N6O3S/c1-46-30-10-9-24(35)16-27(30)28-17-25(36)20-41(28)32-12-11-31-37-18-29(42(31)39-32)34(45)38-26-13-14-40(21-26)19-23-7-4-6-22(15-23)5-2-3-8-33(43)44/h4,6-7,9-12,15-16,18,25-26,28H,2-3,5,8,13-14,17,19-21H2,1H3,(H,38,45)(H,43,44). The van der Waals surface area contributed by atoms with Gasteiger partial charge in [-0.2, -0.15) is 0 Å². The van der Waals surface area contributed by atoms with Gasteiger partial charge >= 0.3 is 5.97 Å². The molecule has 3 unspecified atom stereocenters. The summed E-state index contributed by atoms with van der Waals surface area (Å²) < 4.78 is 30.6. The molecule has 46 heavy (non-hydrogen) atoms. The van der Waals surface area contributed by atoms with Crippen LogP contribution < -0.4 is 10.2 Å². The van der Waals surface area contributed by atoms with Crippen LogP contribution >= 0.6 is 11.8 Å². The molecule has 4 aromatic rings. The number of hydrogen-bond acceptors (Lipinski definition) is 7. The molecule has 0 saturated carbocycles. The molecule has 2 N–H and O–H groups in total. The van der Waals surface area contributed by atoms with Crippen molar-refractivity contribution >= 4 is 35.1 Å². The molecule has 6 rings (SSSR count). The Kier molecular flexibility index (Phi) is 9.83. The van der Waals surface area contributed by atoms with E-state index in [1.54, 1.807) is 18.2 Å². The minimum absolute atomic E-state index is 0.0337. The molecule has 3 atom stereocenters. The van der Waals surface area contributed by atoms with Crippen molar-refractivity contribution in [3.05, 3.63) is 89.0 Å². The molecule has 2 aliphatic heterocycles. The summed E-state index contributed by atoms with van der Waals surface area (Å²) >= 11 is 1.50. The number of likely N-dealkylation sites (tertiary alicyclic amines) is 1. The number of aryl methyl sites for hydroxylation is 1. The predicted octanol–water partition coefficient (Wildman–Crippen LogP) is 5.68. The molecule has 12 heteroatoms. The van der Waals surface area contributed by atoms with E-state index in [4.69, 9.17) is 10.2 Å². The van der Waals surface area contributed by atoms with Gasteiger partial charge in [-0.1, -0.05) is 24.3 Å². The number of carboxylic acids is 1. The fourth-order valence-corrected chi connectivity index (χ4v) is 7.21. The van der Waals surface area contributed by atoms with E-state index in [0.717, 1.165) is 42.8 Å². The molecule has 2 saturated heterocycles. The van der Waals surface area contributed by atoms with Crippen molar-refractivity contribution in [2.45, 2.75) is 68.2 Å². The number of nitrogens with zero attached hydrogens (tertiary/aromatic N) is 5. The van der Waals surface area contributed by atoms with Crippen LogP contribution in [0.4, 0.5) is 14.6 Å². The lowest BCUT2D eigenvalue weighted by atomic mass is 10.0. The number of nitrogens with one attached hydrogen (secondary N) is 1. The molecule has 242 valence electrons. The fourth-order valence-electron chi connectivity index (χ4n) is 6.57. The van der Waals surface area contributed by atoms with Crippen LogP contribution in [0.5, 0.6) is 0 Å². The SMILES string of the molecule is CSc1ccc(F)cc1C1CC(F)CN1c1ccc2ncc(C(=O)NC3CCN(Cc4cccc(CCCCC(=O)O)c4)C3)n2n1. The van der Waals surface area contributed by atoms with Crippen LogP contribution in [0.3, 0.4) is 0 Å². The second kappa shape index (κ2) is 14.2. The van der Waals surface area contributed by atoms with Crippen LogP contribution in [-0.2, 0) is 17.8 Å². The van der Waals surface area contributed by atoms with E-state index in [9.17, 15) is 18.4 Å². The molecular weight excluding hydrogens is 610 g/mol. The molecule has 2 aromatic carbocycles. The monoisotopic (exact) mass is 648 g/mol. The van der Waals surface area contributed by atoms with E-state index in [1.165, 1.54) is 45.7 Å². The molecule has 0 spiro atoms. The first-order valence-corrected chi connectivity index (χ1v) is 16.9. The van der Waals surface area contributed by atoms with Gasteiger partial charge in [-0.05, 0) is 79.0 Å². The number of aromatic nitrogens is 3. The first kappa shape index (κ1) is 31.9. The number of carbonyl (C=O) groups is 2. The average molecular weight is 649 g/mol. The molecule has 2 aliphatic rings. The lowest BCUT2D eigenvalue weighted by Crippen LogP contribution is -2.37. The summed E-state index contributed by atoms with van der Waals surface area (Å²) in [4.78, 5) is 33.7. The third-order valence-electron chi connectivity index (χ3n) is 8.79. The number of amides is 1. The highest BCUT2D eigenvalue weighted by Gasteiger charge is 2.36. The summed E-state index contributed by atoms with van der Waals surface area (Å²) in [6.45, 7) is 2.45. The summed E-state index contributed by atoms with van der Waals surface area (Å²) in [6.07, 6.45) is 5.93. The van der Waals surface area contributed by atoms with Gasteiger partial charge < -0.3 is 15.3 Å². The van der Waals surface area contributed by atoms with Crippen molar-refractivity contribution < 1.29 is 23.5 Å². The van der Waals surface area contributed by atoms with Gasteiger partial charge in [-0.25, -0.2) is 18.3 Å². The highest BCUT2D eigenvalue weighted by Crippen LogP contribution is 2.40. The number of aliphatic carboxylic acids is 1. The van der Waals surface area contributed by atoms with E-state index in [1.807, 2.05) is 17.2 Å². The van der Waals surface area contributed by atoms with Gasteiger partial charge in [0.2, 0.25) is 0 Å². The fraction of sp³-hybridized carbons (Fsp3) is 0.412. The van der Waals surface area contributed by atoms with Gasteiger partial charge in [0, 0.05) is 43.4 Å². The zero-order valence-electron chi connectivity index (χ0n) is 25.7. The zero-order valence-corrected chi connectivity index (χ0v) is 26.6. The topological polar surface area (TPSA) is 103 Å². The minimum atomic E-state index is -1.09. The minimum Gasteiger partial charge on any atom is -0.481 e. The first-order chi connectivity index (χ1) is 22.3. The summed E-state index contributed by atoms with van der Waals surface area (Å²) in [5.41, 5.74) is 3.93. The Morgan fingerprint density at radius 1 is 1.09 bits per heavy atom. The van der Waals surface area contributed by atoms with Crippen molar-refractivity contribution in [1.82, 2.24) is 24.8 Å². The number of imidazole rings is 1. The number of anilines is 1. The highest BCUT2D eigenvalue weighted by atomic mass is 32.2. The normalized spacial score (nSPS) is 20.1. The van der Waals surface area contributed by atoms with Crippen molar-refractivity contribution in [2.75, 3.05) is 30.8 Å². The van der Waals surface area contributed by atoms with Gasteiger partial charge in [-0.3, -0.25) is 14.5 Å². The van der Waals surface area contributed by atoms with E-state index >= 15 is 0 Å². The summed E-state index contributed by atoms with van der Waals surface area (Å²) in [5, 5.41) is 16.7. The van der Waals surface area contributed by atoms with Crippen LogP contribution in [0.15, 0.2) is 65.7 Å². The lowest BCUT2D eigenvalue weighted by molar-refractivity contribution is -0.137. The summed E-state index contributed by atoms with van der Waals surface area (Å²) in [7, 11) is 0. The average Bonchev–Trinajstić information content (AvgIpc) is 3.77. The second-order valence-corrected chi connectivity index (χ2v) is 13.0. The molecule has 0 radical (unpaired) electrons. The van der Waals surface area contributed by atoms with Gasteiger partial charge in [0.1, 0.15) is 17.8 Å². The number of unbranched alkanes of at least 4 members (excludes halogenated alkanes) is 1. The van der Waals surface area contributed by atoms with E-state index < -0.39 is 12.1 Å². The van der Waals surface area contributed by atoms with Crippen LogP contribution in [0.2, 0.25) is 0 Å². The largest absolute Gasteiger partial charge is 0.481 e. The number of carboxylic acid groups (broad SMARTS) is 1. The Balaban J connectivity index is 1.11. The van der Waals surface area contributed by atoms with Crippen LogP contribution in [0, 0.1) is 5.82 Å². The number of rotatable bonds is 12. The van der Waals surface area contributed by atoms with E-state index in [0.29, 0.717) is 30.1 Å². The highest BCUT2D eigenvalue weighted by molar-refractivity contribution is 7.98. The Morgan fingerprint density at radius 3 is 2.76 bits per heavy atom. The van der Waals surface area contributed by atoms with Crippen molar-refractivity contribution in [3.8, 4) is 0 Å². The molecule has 4 heterocycles. The van der Waals surface area contributed by atoms with Gasteiger partial charge in [0.15, 0.2) is 11.3 Å². The molecule has 0 aliphatic carbocycles. The van der Waals surface area contributed by atoms with E-state index in [-0.39, 0.29) is 43.2 Å². The number of benzene rings is 2. The lowest BCUT2D eigenvalue weighted by Gasteiger charge is -2.27. The molecule has 9 nitrogen and oxygen atoms in total.